The van der Waals surface area contributed by atoms with E-state index in [-0.39, 0.29) is 23.5 Å². The highest BCUT2D eigenvalue weighted by Gasteiger charge is 2.43. The number of anilines is 1. The van der Waals surface area contributed by atoms with Gasteiger partial charge in [0, 0.05) is 30.7 Å². The van der Waals surface area contributed by atoms with Crippen LogP contribution in [0, 0.1) is 12.3 Å². The molecule has 10 nitrogen and oxygen atoms in total. The Morgan fingerprint density at radius 2 is 1.95 bits per heavy atom. The minimum absolute atomic E-state index is 0.0672. The van der Waals surface area contributed by atoms with Gasteiger partial charge in [0.15, 0.2) is 5.65 Å². The molecular weight excluding hydrogens is 470 g/mol. The van der Waals surface area contributed by atoms with Crippen molar-refractivity contribution in [1.82, 2.24) is 29.0 Å². The maximum atomic E-state index is 13.0. The maximum Gasteiger partial charge on any atom is 0.410 e. The first-order valence-electron chi connectivity index (χ1n) is 12.4. The molecule has 1 aromatic carbocycles. The fraction of sp³-hybridized carbons (Fsp3) is 0.444. The molecule has 2 amide bonds. The Morgan fingerprint density at radius 1 is 1.19 bits per heavy atom. The van der Waals surface area contributed by atoms with E-state index in [0.717, 1.165) is 28.7 Å². The molecule has 1 aliphatic heterocycles. The lowest BCUT2D eigenvalue weighted by Gasteiger charge is -2.28. The molecule has 5 rings (SSSR count). The minimum Gasteiger partial charge on any atom is -0.444 e. The Bertz CT molecular complexity index is 1530. The van der Waals surface area contributed by atoms with Gasteiger partial charge in [0.05, 0.1) is 35.3 Å². The highest BCUT2D eigenvalue weighted by molar-refractivity contribution is 6.05. The van der Waals surface area contributed by atoms with Crippen molar-refractivity contribution in [2.45, 2.75) is 59.6 Å². The third kappa shape index (κ3) is 4.87. The van der Waals surface area contributed by atoms with Crippen molar-refractivity contribution in [1.29, 1.82) is 0 Å². The van der Waals surface area contributed by atoms with Crippen LogP contribution in [0.2, 0.25) is 0 Å². The molecule has 0 unspecified atom stereocenters. The number of hydrogen-bond donors (Lipinski definition) is 1. The molecule has 1 saturated heterocycles. The van der Waals surface area contributed by atoms with Crippen molar-refractivity contribution < 1.29 is 14.3 Å². The molecule has 3 aromatic heterocycles. The molecule has 4 aromatic rings. The van der Waals surface area contributed by atoms with Crippen LogP contribution in [0.5, 0.6) is 0 Å². The van der Waals surface area contributed by atoms with Crippen molar-refractivity contribution in [2.24, 2.45) is 12.5 Å². The van der Waals surface area contributed by atoms with Crippen molar-refractivity contribution >= 4 is 34.4 Å². The van der Waals surface area contributed by atoms with E-state index in [1.807, 2.05) is 57.5 Å². The number of aromatic nitrogens is 5. The third-order valence-electron chi connectivity index (χ3n) is 6.59. The van der Waals surface area contributed by atoms with Crippen LogP contribution in [0.25, 0.3) is 16.6 Å². The number of nitrogens with one attached hydrogen (secondary N) is 1. The zero-order valence-electron chi connectivity index (χ0n) is 22.4. The highest BCUT2D eigenvalue weighted by Crippen LogP contribution is 2.43. The maximum absolute atomic E-state index is 13.0. The lowest BCUT2D eigenvalue weighted by atomic mass is 9.90. The molecule has 37 heavy (non-hydrogen) atoms. The number of likely N-dealkylation sites (tertiary alicyclic amines) is 1. The van der Waals surface area contributed by atoms with Gasteiger partial charge in [-0.2, -0.15) is 5.10 Å². The fourth-order valence-electron chi connectivity index (χ4n) is 4.96. The lowest BCUT2D eigenvalue weighted by molar-refractivity contribution is 0.0209. The van der Waals surface area contributed by atoms with Crippen LogP contribution in [0.1, 0.15) is 68.8 Å². The predicted octanol–water partition coefficient (Wildman–Crippen LogP) is 4.88. The number of carbonyl (C=O) groups is 2. The summed E-state index contributed by atoms with van der Waals surface area (Å²) in [6.07, 6.45) is 5.66. The molecule has 0 bridgehead atoms. The van der Waals surface area contributed by atoms with Gasteiger partial charge in [-0.1, -0.05) is 19.9 Å². The number of fused-ring (bicyclic) bond motifs is 2. The van der Waals surface area contributed by atoms with E-state index >= 15 is 0 Å². The molecule has 0 radical (unpaired) electrons. The summed E-state index contributed by atoms with van der Waals surface area (Å²) in [4.78, 5) is 36.8. The van der Waals surface area contributed by atoms with Gasteiger partial charge in [-0.15, -0.1) is 0 Å². The standard InChI is InChI=1S/C27H33N7O3/c1-16-18-9-8-17(10-20(18)32(7)31-16)24(35)30-22-14-33-13-19(29-23(33)12-28-22)21-11-27(5,6)15-34(21)25(36)37-26(2,3)4/h8-10,12-14,21H,11,15H2,1-7H3,(H,30,35)/t21-/m1/s1. The van der Waals surface area contributed by atoms with Crippen molar-refractivity contribution in [3.63, 3.8) is 0 Å². The SMILES string of the molecule is Cc1nn(C)c2cc(C(=O)Nc3cn4cc([C@H]5CC(C)(C)CN5C(=O)OC(C)(C)C)nc4cn3)ccc12. The van der Waals surface area contributed by atoms with E-state index in [1.165, 1.54) is 0 Å². The number of amides is 2. The van der Waals surface area contributed by atoms with Crippen LogP contribution < -0.4 is 5.32 Å². The summed E-state index contributed by atoms with van der Waals surface area (Å²) in [5.41, 5.74) is 3.08. The first kappa shape index (κ1) is 24.7. The summed E-state index contributed by atoms with van der Waals surface area (Å²) in [6, 6.07) is 5.31. The molecule has 4 heterocycles. The van der Waals surface area contributed by atoms with Crippen molar-refractivity contribution in [2.75, 3.05) is 11.9 Å². The number of ether oxygens (including phenoxy) is 1. The fourth-order valence-corrected chi connectivity index (χ4v) is 4.96. The van der Waals surface area contributed by atoms with Crippen LogP contribution in [-0.2, 0) is 11.8 Å². The van der Waals surface area contributed by atoms with Crippen LogP contribution in [0.15, 0.2) is 36.8 Å². The Labute approximate surface area is 215 Å². The Hall–Kier alpha value is -3.95. The first-order chi connectivity index (χ1) is 17.3. The lowest BCUT2D eigenvalue weighted by Crippen LogP contribution is -2.37. The average Bonchev–Trinajstić information content (AvgIpc) is 3.45. The minimum atomic E-state index is -0.579. The van der Waals surface area contributed by atoms with Crippen LogP contribution in [0.3, 0.4) is 0 Å². The van der Waals surface area contributed by atoms with Gasteiger partial charge in [-0.3, -0.25) is 14.4 Å². The average molecular weight is 504 g/mol. The van der Waals surface area contributed by atoms with Crippen LogP contribution in [-0.4, -0.2) is 53.2 Å². The van der Waals surface area contributed by atoms with Gasteiger partial charge in [0.1, 0.15) is 11.4 Å². The smallest absolute Gasteiger partial charge is 0.410 e. The molecule has 1 fully saturated rings. The molecule has 1 atom stereocenters. The zero-order chi connectivity index (χ0) is 26.7. The van der Waals surface area contributed by atoms with E-state index in [1.54, 1.807) is 28.0 Å². The largest absolute Gasteiger partial charge is 0.444 e. The third-order valence-corrected chi connectivity index (χ3v) is 6.59. The van der Waals surface area contributed by atoms with E-state index < -0.39 is 5.60 Å². The number of imidazole rings is 1. The number of rotatable bonds is 3. The zero-order valence-corrected chi connectivity index (χ0v) is 22.4. The number of carbonyl (C=O) groups excluding carboxylic acids is 2. The van der Waals surface area contributed by atoms with E-state index in [2.05, 4.69) is 29.2 Å². The van der Waals surface area contributed by atoms with Gasteiger partial charge >= 0.3 is 6.09 Å². The number of hydrogen-bond acceptors (Lipinski definition) is 6. The summed E-state index contributed by atoms with van der Waals surface area (Å²) in [5.74, 6) is 0.139. The van der Waals surface area contributed by atoms with Gasteiger partial charge in [-0.25, -0.2) is 14.8 Å². The van der Waals surface area contributed by atoms with Crippen molar-refractivity contribution in [3.05, 3.63) is 53.7 Å². The molecule has 1 N–H and O–H groups in total. The quantitative estimate of drug-likeness (QED) is 0.427. The van der Waals surface area contributed by atoms with Crippen LogP contribution in [0.4, 0.5) is 10.6 Å². The topological polar surface area (TPSA) is 107 Å². The van der Waals surface area contributed by atoms with Gasteiger partial charge in [0.25, 0.3) is 5.91 Å². The van der Waals surface area contributed by atoms with Gasteiger partial charge in [0.2, 0.25) is 0 Å². The number of benzene rings is 1. The second kappa shape index (κ2) is 8.57. The molecule has 0 aliphatic carbocycles. The normalized spacial score (nSPS) is 17.5. The van der Waals surface area contributed by atoms with Gasteiger partial charge < -0.3 is 14.5 Å². The second-order valence-electron chi connectivity index (χ2n) is 11.6. The summed E-state index contributed by atoms with van der Waals surface area (Å²) in [5, 5.41) is 8.30. The highest BCUT2D eigenvalue weighted by atomic mass is 16.6. The van der Waals surface area contributed by atoms with Crippen molar-refractivity contribution in [3.8, 4) is 0 Å². The monoisotopic (exact) mass is 503 g/mol. The summed E-state index contributed by atoms with van der Waals surface area (Å²) >= 11 is 0. The number of aryl methyl sites for hydroxylation is 2. The van der Waals surface area contributed by atoms with E-state index in [0.29, 0.717) is 23.6 Å². The second-order valence-corrected chi connectivity index (χ2v) is 11.6. The summed E-state index contributed by atoms with van der Waals surface area (Å²) < 4.78 is 9.26. The molecule has 0 saturated carbocycles. The summed E-state index contributed by atoms with van der Waals surface area (Å²) in [7, 11) is 1.86. The Kier molecular flexibility index (Phi) is 5.73. The molecule has 0 spiro atoms. The van der Waals surface area contributed by atoms with E-state index in [4.69, 9.17) is 9.72 Å². The van der Waals surface area contributed by atoms with E-state index in [9.17, 15) is 9.59 Å². The summed E-state index contributed by atoms with van der Waals surface area (Å²) in [6.45, 7) is 12.4. The molecule has 10 heteroatoms. The number of nitrogens with zero attached hydrogens (tertiary/aromatic N) is 6. The Morgan fingerprint density at radius 3 is 2.68 bits per heavy atom. The first-order valence-corrected chi connectivity index (χ1v) is 12.4. The molecule has 194 valence electrons. The Balaban J connectivity index is 1.39. The predicted molar refractivity (Wildman–Crippen MR) is 140 cm³/mol. The van der Waals surface area contributed by atoms with Crippen LogP contribution >= 0.6 is 0 Å². The molecule has 1 aliphatic rings. The molecular formula is C27H33N7O3. The van der Waals surface area contributed by atoms with Gasteiger partial charge in [-0.05, 0) is 51.7 Å².